The summed E-state index contributed by atoms with van der Waals surface area (Å²) in [6.45, 7) is 10.8. The zero-order valence-corrected chi connectivity index (χ0v) is 20.2. The van der Waals surface area contributed by atoms with Crippen LogP contribution in [0.2, 0.25) is 0 Å². The molecule has 0 amide bonds. The number of carbonyl (C=O) groups excluding carboxylic acids is 2. The molecular formula is C27H35NO5. The number of piperidine rings is 1. The summed E-state index contributed by atoms with van der Waals surface area (Å²) in [5.74, 6) is 0.105. The van der Waals surface area contributed by atoms with Crippen LogP contribution in [0, 0.1) is 0 Å². The van der Waals surface area contributed by atoms with Gasteiger partial charge in [0.1, 0.15) is 24.6 Å². The van der Waals surface area contributed by atoms with Gasteiger partial charge in [-0.2, -0.15) is 0 Å². The number of carbonyl (C=O) groups is 2. The van der Waals surface area contributed by atoms with Crippen molar-refractivity contribution in [2.24, 2.45) is 0 Å². The second-order valence-corrected chi connectivity index (χ2v) is 9.89. The third-order valence-corrected chi connectivity index (χ3v) is 6.10. The SMILES string of the molecule is CC(=O)OC(COc1ccccc1)CN1C(C)(C)CC(OC(=O)c2ccccc2)CC1(C)C. The van der Waals surface area contributed by atoms with E-state index < -0.39 is 6.10 Å². The van der Waals surface area contributed by atoms with Crippen LogP contribution >= 0.6 is 0 Å². The Bertz CT molecular complexity index is 908. The maximum atomic E-state index is 12.6. The molecule has 1 aliphatic heterocycles. The normalized spacial score (nSPS) is 18.8. The van der Waals surface area contributed by atoms with Crippen molar-refractivity contribution in [3.05, 3.63) is 66.2 Å². The molecule has 0 N–H and O–H groups in total. The quantitative estimate of drug-likeness (QED) is 0.531. The zero-order chi connectivity index (χ0) is 24.1. The Balaban J connectivity index is 1.69. The molecule has 3 rings (SSSR count). The Morgan fingerprint density at radius 3 is 2.03 bits per heavy atom. The first-order valence-corrected chi connectivity index (χ1v) is 11.5. The van der Waals surface area contributed by atoms with Gasteiger partial charge in [-0.1, -0.05) is 36.4 Å². The highest BCUT2D eigenvalue weighted by molar-refractivity contribution is 5.89. The highest BCUT2D eigenvalue weighted by Crippen LogP contribution is 2.40. The van der Waals surface area contributed by atoms with E-state index in [1.165, 1.54) is 6.92 Å². The van der Waals surface area contributed by atoms with Gasteiger partial charge < -0.3 is 14.2 Å². The number of rotatable bonds is 8. The number of ether oxygens (including phenoxy) is 3. The molecule has 1 heterocycles. The molecule has 0 saturated carbocycles. The summed E-state index contributed by atoms with van der Waals surface area (Å²) in [7, 11) is 0. The monoisotopic (exact) mass is 453 g/mol. The van der Waals surface area contributed by atoms with Crippen molar-refractivity contribution in [2.75, 3.05) is 13.2 Å². The van der Waals surface area contributed by atoms with Gasteiger partial charge in [0, 0.05) is 37.4 Å². The maximum Gasteiger partial charge on any atom is 0.338 e. The predicted octanol–water partition coefficient (Wildman–Crippen LogP) is 4.88. The van der Waals surface area contributed by atoms with Gasteiger partial charge in [-0.25, -0.2) is 4.79 Å². The van der Waals surface area contributed by atoms with Crippen molar-refractivity contribution in [3.63, 3.8) is 0 Å². The number of likely N-dealkylation sites (tertiary alicyclic amines) is 1. The second kappa shape index (κ2) is 10.4. The van der Waals surface area contributed by atoms with Gasteiger partial charge in [-0.3, -0.25) is 9.69 Å². The van der Waals surface area contributed by atoms with E-state index in [2.05, 4.69) is 32.6 Å². The van der Waals surface area contributed by atoms with Crippen molar-refractivity contribution < 1.29 is 23.8 Å². The highest BCUT2D eigenvalue weighted by atomic mass is 16.6. The molecule has 0 spiro atoms. The van der Waals surface area contributed by atoms with Gasteiger partial charge in [0.05, 0.1) is 5.56 Å². The summed E-state index contributed by atoms with van der Waals surface area (Å²) in [5, 5.41) is 0. The fourth-order valence-electron chi connectivity index (χ4n) is 4.87. The first-order valence-electron chi connectivity index (χ1n) is 11.5. The first-order chi connectivity index (χ1) is 15.6. The number of esters is 2. The van der Waals surface area contributed by atoms with E-state index in [0.717, 1.165) is 5.75 Å². The Morgan fingerprint density at radius 2 is 1.48 bits per heavy atom. The molecule has 6 heteroatoms. The lowest BCUT2D eigenvalue weighted by molar-refractivity contribution is -0.155. The number of hydrogen-bond acceptors (Lipinski definition) is 6. The van der Waals surface area contributed by atoms with E-state index in [4.69, 9.17) is 14.2 Å². The fourth-order valence-corrected chi connectivity index (χ4v) is 4.87. The lowest BCUT2D eigenvalue weighted by atomic mass is 9.77. The van der Waals surface area contributed by atoms with Gasteiger partial charge in [0.2, 0.25) is 0 Å². The van der Waals surface area contributed by atoms with Crippen LogP contribution in [0.15, 0.2) is 60.7 Å². The van der Waals surface area contributed by atoms with E-state index in [0.29, 0.717) is 24.9 Å². The minimum atomic E-state index is -0.426. The molecule has 2 aromatic carbocycles. The number of nitrogens with zero attached hydrogens (tertiary/aromatic N) is 1. The predicted molar refractivity (Wildman–Crippen MR) is 127 cm³/mol. The lowest BCUT2D eigenvalue weighted by Crippen LogP contribution is -2.64. The number of para-hydroxylation sites is 1. The van der Waals surface area contributed by atoms with Gasteiger partial charge in [0.15, 0.2) is 0 Å². The summed E-state index contributed by atoms with van der Waals surface area (Å²) in [4.78, 5) is 26.8. The fraction of sp³-hybridized carbons (Fsp3) is 0.481. The maximum absolute atomic E-state index is 12.6. The Labute approximate surface area is 196 Å². The van der Waals surface area contributed by atoms with Gasteiger partial charge in [0.25, 0.3) is 0 Å². The minimum Gasteiger partial charge on any atom is -0.490 e. The Kier molecular flexibility index (Phi) is 7.80. The number of benzene rings is 2. The van der Waals surface area contributed by atoms with Gasteiger partial charge in [-0.05, 0) is 52.0 Å². The second-order valence-electron chi connectivity index (χ2n) is 9.89. The summed E-state index contributed by atoms with van der Waals surface area (Å²) in [6, 6.07) is 18.6. The topological polar surface area (TPSA) is 65.1 Å². The van der Waals surface area contributed by atoms with Gasteiger partial charge >= 0.3 is 11.9 Å². The molecule has 33 heavy (non-hydrogen) atoms. The van der Waals surface area contributed by atoms with Crippen LogP contribution in [0.25, 0.3) is 0 Å². The molecule has 1 saturated heterocycles. The Hall–Kier alpha value is -2.86. The van der Waals surface area contributed by atoms with Crippen molar-refractivity contribution in [2.45, 2.75) is 70.7 Å². The molecule has 1 unspecified atom stereocenters. The third kappa shape index (κ3) is 6.81. The van der Waals surface area contributed by atoms with Crippen LogP contribution in [-0.4, -0.2) is 53.3 Å². The van der Waals surface area contributed by atoms with Crippen LogP contribution < -0.4 is 4.74 Å². The minimum absolute atomic E-state index is 0.202. The van der Waals surface area contributed by atoms with Crippen molar-refractivity contribution in [1.29, 1.82) is 0 Å². The molecule has 0 aliphatic carbocycles. The molecule has 0 radical (unpaired) electrons. The smallest absolute Gasteiger partial charge is 0.338 e. The zero-order valence-electron chi connectivity index (χ0n) is 20.2. The molecule has 1 atom stereocenters. The standard InChI is InChI=1S/C27H35NO5/c1-20(29)32-24(19-31-22-14-10-7-11-15-22)18-28-26(2,3)16-23(17-27(28,4)5)33-25(30)21-12-8-6-9-13-21/h6-15,23-24H,16-19H2,1-5H3. The van der Waals surface area contributed by atoms with Crippen molar-refractivity contribution in [1.82, 2.24) is 4.90 Å². The van der Waals surface area contributed by atoms with E-state index >= 15 is 0 Å². The van der Waals surface area contributed by atoms with E-state index in [-0.39, 0.29) is 35.7 Å². The van der Waals surface area contributed by atoms with Crippen LogP contribution in [0.3, 0.4) is 0 Å². The molecule has 0 aromatic heterocycles. The Morgan fingerprint density at radius 1 is 0.939 bits per heavy atom. The van der Waals surface area contributed by atoms with Crippen molar-refractivity contribution in [3.8, 4) is 5.75 Å². The van der Waals surface area contributed by atoms with Crippen LogP contribution in [-0.2, 0) is 14.3 Å². The molecule has 178 valence electrons. The average Bonchev–Trinajstić information content (AvgIpc) is 2.74. The van der Waals surface area contributed by atoms with E-state index in [1.807, 2.05) is 48.5 Å². The van der Waals surface area contributed by atoms with Crippen LogP contribution in [0.1, 0.15) is 57.8 Å². The highest BCUT2D eigenvalue weighted by Gasteiger charge is 2.47. The van der Waals surface area contributed by atoms with Crippen LogP contribution in [0.5, 0.6) is 5.75 Å². The molecule has 1 aliphatic rings. The first kappa shape index (κ1) is 24.8. The van der Waals surface area contributed by atoms with Crippen molar-refractivity contribution >= 4 is 11.9 Å². The van der Waals surface area contributed by atoms with E-state index in [9.17, 15) is 9.59 Å². The van der Waals surface area contributed by atoms with Gasteiger partial charge in [-0.15, -0.1) is 0 Å². The summed E-state index contributed by atoms with van der Waals surface area (Å²) in [5.41, 5.74) is -0.00759. The molecule has 6 nitrogen and oxygen atoms in total. The summed E-state index contributed by atoms with van der Waals surface area (Å²) in [6.07, 6.45) is 0.735. The third-order valence-electron chi connectivity index (χ3n) is 6.10. The summed E-state index contributed by atoms with van der Waals surface area (Å²) >= 11 is 0. The molecule has 1 fully saturated rings. The molecule has 2 aromatic rings. The van der Waals surface area contributed by atoms with E-state index in [1.54, 1.807) is 12.1 Å². The van der Waals surface area contributed by atoms with Crippen LogP contribution in [0.4, 0.5) is 0 Å². The summed E-state index contributed by atoms with van der Waals surface area (Å²) < 4.78 is 17.4. The average molecular weight is 454 g/mol. The molecular weight excluding hydrogens is 418 g/mol. The largest absolute Gasteiger partial charge is 0.490 e. The molecule has 0 bridgehead atoms. The number of hydrogen-bond donors (Lipinski definition) is 0. The lowest BCUT2D eigenvalue weighted by Gasteiger charge is -2.55.